The molecule has 0 aromatic carbocycles. The second kappa shape index (κ2) is 5.60. The number of nitrogens with one attached hydrogen (secondary N) is 1. The lowest BCUT2D eigenvalue weighted by Crippen LogP contribution is -2.44. The van der Waals surface area contributed by atoms with Crippen LogP contribution in [0.2, 0.25) is 0 Å². The summed E-state index contributed by atoms with van der Waals surface area (Å²) >= 11 is 0. The van der Waals surface area contributed by atoms with Crippen LogP contribution in [0, 0.1) is 0 Å². The van der Waals surface area contributed by atoms with E-state index < -0.39 is 15.7 Å². The molecule has 0 aliphatic heterocycles. The lowest BCUT2D eigenvalue weighted by Gasteiger charge is -2.26. The molecule has 1 unspecified atom stereocenters. The van der Waals surface area contributed by atoms with Gasteiger partial charge in [0, 0.05) is 18.5 Å². The molecule has 0 aliphatic carbocycles. The number of rotatable bonds is 6. The minimum Gasteiger partial charge on any atom is -0.354 e. The Balaban J connectivity index is 4.38. The van der Waals surface area contributed by atoms with Gasteiger partial charge in [0.25, 0.3) is 10.1 Å². The average molecular weight is 252 g/mol. The Hall–Kier alpha value is -0.660. The summed E-state index contributed by atoms with van der Waals surface area (Å²) in [6.45, 7) is 4.93. The summed E-state index contributed by atoms with van der Waals surface area (Å²) in [6.07, 6.45) is 0.598. The first-order chi connectivity index (χ1) is 6.99. The van der Waals surface area contributed by atoms with E-state index in [1.807, 2.05) is 0 Å². The first kappa shape index (κ1) is 15.3. The van der Waals surface area contributed by atoms with Gasteiger partial charge < -0.3 is 11.1 Å². The highest BCUT2D eigenvalue weighted by molar-refractivity contribution is 7.85. The van der Waals surface area contributed by atoms with Crippen molar-refractivity contribution in [2.24, 2.45) is 5.73 Å². The summed E-state index contributed by atoms with van der Waals surface area (Å²) in [5, 5.41) is 2.61. The van der Waals surface area contributed by atoms with Crippen molar-refractivity contribution in [1.29, 1.82) is 0 Å². The van der Waals surface area contributed by atoms with Crippen molar-refractivity contribution in [2.75, 3.05) is 5.75 Å². The van der Waals surface area contributed by atoms with Crippen LogP contribution in [0.4, 0.5) is 0 Å². The molecular weight excluding hydrogens is 232 g/mol. The van der Waals surface area contributed by atoms with Crippen molar-refractivity contribution in [3.05, 3.63) is 0 Å². The third-order valence-electron chi connectivity index (χ3n) is 1.90. The Labute approximate surface area is 96.3 Å². The summed E-state index contributed by atoms with van der Waals surface area (Å²) in [6, 6.07) is -0.348. The van der Waals surface area contributed by atoms with Crippen LogP contribution in [0.1, 0.15) is 33.6 Å². The molecule has 0 saturated carbocycles. The molecule has 0 rings (SSSR count). The Morgan fingerprint density at radius 3 is 2.31 bits per heavy atom. The Kier molecular flexibility index (Phi) is 5.37. The van der Waals surface area contributed by atoms with Crippen LogP contribution in [0.15, 0.2) is 0 Å². The second-order valence-corrected chi connectivity index (χ2v) is 6.24. The van der Waals surface area contributed by atoms with Crippen LogP contribution in [0.5, 0.6) is 0 Å². The number of hydrogen-bond donors (Lipinski definition) is 3. The van der Waals surface area contributed by atoms with Crippen molar-refractivity contribution < 1.29 is 17.8 Å². The number of hydrogen-bond acceptors (Lipinski definition) is 4. The van der Waals surface area contributed by atoms with Crippen molar-refractivity contribution in [3.63, 3.8) is 0 Å². The fraction of sp³-hybridized carbons (Fsp3) is 0.889. The van der Waals surface area contributed by atoms with Gasteiger partial charge in [-0.15, -0.1) is 0 Å². The van der Waals surface area contributed by atoms with E-state index in [9.17, 15) is 13.2 Å². The first-order valence-corrected chi connectivity index (χ1v) is 6.62. The van der Waals surface area contributed by atoms with Gasteiger partial charge in [0.1, 0.15) is 0 Å². The fourth-order valence-electron chi connectivity index (χ4n) is 1.44. The van der Waals surface area contributed by atoms with Gasteiger partial charge in [-0.25, -0.2) is 0 Å². The standard InChI is InChI=1S/C9H20N2O4S/c1-7(12)11-8(6-9(2,3)10)4-5-16(13,14)15/h8H,4-6,10H2,1-3H3,(H,11,12)(H,13,14,15). The molecule has 7 heteroatoms. The molecule has 0 aromatic rings. The lowest BCUT2D eigenvalue weighted by molar-refractivity contribution is -0.119. The predicted octanol–water partition coefficient (Wildman–Crippen LogP) is -0.104. The average Bonchev–Trinajstić information content (AvgIpc) is 1.94. The van der Waals surface area contributed by atoms with E-state index in [1.54, 1.807) is 13.8 Å². The summed E-state index contributed by atoms with van der Waals surface area (Å²) in [5.74, 6) is -0.627. The monoisotopic (exact) mass is 252 g/mol. The van der Waals surface area contributed by atoms with Gasteiger partial charge in [-0.05, 0) is 26.7 Å². The largest absolute Gasteiger partial charge is 0.354 e. The van der Waals surface area contributed by atoms with Gasteiger partial charge in [0.2, 0.25) is 5.91 Å². The quantitative estimate of drug-likeness (QED) is 0.572. The number of carbonyl (C=O) groups excluding carboxylic acids is 1. The maximum Gasteiger partial charge on any atom is 0.264 e. The molecule has 0 heterocycles. The molecule has 0 saturated heterocycles. The maximum atomic E-state index is 10.9. The maximum absolute atomic E-state index is 10.9. The molecule has 1 atom stereocenters. The Morgan fingerprint density at radius 1 is 1.50 bits per heavy atom. The molecule has 0 aromatic heterocycles. The van der Waals surface area contributed by atoms with Gasteiger partial charge in [-0.1, -0.05) is 0 Å². The molecular formula is C9H20N2O4S. The Bertz CT molecular complexity index is 332. The van der Waals surface area contributed by atoms with E-state index in [0.29, 0.717) is 6.42 Å². The fourth-order valence-corrected chi connectivity index (χ4v) is 2.02. The molecule has 1 amide bonds. The van der Waals surface area contributed by atoms with Gasteiger partial charge in [0.05, 0.1) is 5.75 Å². The van der Waals surface area contributed by atoms with E-state index in [1.165, 1.54) is 6.92 Å². The van der Waals surface area contributed by atoms with Crippen LogP contribution in [-0.4, -0.2) is 36.2 Å². The first-order valence-electron chi connectivity index (χ1n) is 5.01. The minimum atomic E-state index is -4.00. The highest BCUT2D eigenvalue weighted by atomic mass is 32.2. The summed E-state index contributed by atoms with van der Waals surface area (Å²) in [4.78, 5) is 10.9. The van der Waals surface area contributed by atoms with E-state index in [2.05, 4.69) is 5.32 Å². The molecule has 16 heavy (non-hydrogen) atoms. The highest BCUT2D eigenvalue weighted by Gasteiger charge is 2.21. The van der Waals surface area contributed by atoms with E-state index >= 15 is 0 Å². The van der Waals surface area contributed by atoms with Crippen LogP contribution in [0.25, 0.3) is 0 Å². The minimum absolute atomic E-state index is 0.152. The normalized spacial score (nSPS) is 14.6. The zero-order chi connectivity index (χ0) is 13.0. The zero-order valence-corrected chi connectivity index (χ0v) is 10.7. The summed E-state index contributed by atoms with van der Waals surface area (Å²) in [5.41, 5.74) is 5.28. The molecule has 0 fully saturated rings. The predicted molar refractivity (Wildman–Crippen MR) is 61.5 cm³/mol. The van der Waals surface area contributed by atoms with Crippen LogP contribution < -0.4 is 11.1 Å². The van der Waals surface area contributed by atoms with Crippen molar-refractivity contribution in [2.45, 2.75) is 45.2 Å². The lowest BCUT2D eigenvalue weighted by atomic mass is 9.95. The summed E-state index contributed by atoms with van der Waals surface area (Å²) in [7, 11) is -4.00. The molecule has 6 nitrogen and oxygen atoms in total. The van der Waals surface area contributed by atoms with Crippen molar-refractivity contribution in [1.82, 2.24) is 5.32 Å². The third-order valence-corrected chi connectivity index (χ3v) is 2.66. The molecule has 4 N–H and O–H groups in total. The number of amides is 1. The number of carbonyl (C=O) groups is 1. The van der Waals surface area contributed by atoms with Gasteiger partial charge >= 0.3 is 0 Å². The van der Waals surface area contributed by atoms with Crippen LogP contribution in [0.3, 0.4) is 0 Å². The highest BCUT2D eigenvalue weighted by Crippen LogP contribution is 2.11. The molecule has 0 bridgehead atoms. The van der Waals surface area contributed by atoms with Gasteiger partial charge in [-0.3, -0.25) is 9.35 Å². The van der Waals surface area contributed by atoms with Crippen LogP contribution in [-0.2, 0) is 14.9 Å². The number of nitrogens with two attached hydrogens (primary N) is 1. The molecule has 0 aliphatic rings. The topological polar surface area (TPSA) is 109 Å². The molecule has 0 spiro atoms. The Morgan fingerprint density at radius 2 is 2.00 bits per heavy atom. The SMILES string of the molecule is CC(=O)NC(CCS(=O)(=O)O)CC(C)(C)N. The van der Waals surface area contributed by atoms with Gasteiger partial charge in [-0.2, -0.15) is 8.42 Å². The van der Waals surface area contributed by atoms with E-state index in [0.717, 1.165) is 0 Å². The summed E-state index contributed by atoms with van der Waals surface area (Å²) < 4.78 is 29.8. The van der Waals surface area contributed by atoms with Crippen molar-refractivity contribution in [3.8, 4) is 0 Å². The molecule has 0 radical (unpaired) electrons. The van der Waals surface area contributed by atoms with Crippen molar-refractivity contribution >= 4 is 16.0 Å². The van der Waals surface area contributed by atoms with Crippen LogP contribution >= 0.6 is 0 Å². The smallest absolute Gasteiger partial charge is 0.264 e. The zero-order valence-electron chi connectivity index (χ0n) is 9.86. The van der Waals surface area contributed by atoms with Gasteiger partial charge in [0.15, 0.2) is 0 Å². The van der Waals surface area contributed by atoms with E-state index in [4.69, 9.17) is 10.3 Å². The second-order valence-electron chi connectivity index (χ2n) is 4.66. The molecule has 96 valence electrons. The van der Waals surface area contributed by atoms with E-state index in [-0.39, 0.29) is 24.1 Å². The third kappa shape index (κ3) is 9.88.